The minimum Gasteiger partial charge on any atom is -0.306 e. The second kappa shape index (κ2) is 8.63. The fourth-order valence-corrected chi connectivity index (χ4v) is 6.44. The first-order valence-electron chi connectivity index (χ1n) is 12.7. The van der Waals surface area contributed by atoms with Gasteiger partial charge >= 0.3 is 0 Å². The Morgan fingerprint density at radius 3 is 2.30 bits per heavy atom. The number of hydrogen-bond acceptors (Lipinski definition) is 4. The number of benzene rings is 3. The smallest absolute Gasteiger partial charge is 0.253 e. The highest BCUT2D eigenvalue weighted by molar-refractivity contribution is 6.26. The predicted molar refractivity (Wildman–Crippen MR) is 138 cm³/mol. The van der Waals surface area contributed by atoms with Crippen LogP contribution < -0.4 is 15.1 Å². The van der Waals surface area contributed by atoms with Crippen LogP contribution in [0, 0.1) is 23.6 Å². The van der Waals surface area contributed by atoms with Gasteiger partial charge in [-0.15, -0.1) is 0 Å². The normalized spacial score (nSPS) is 26.5. The van der Waals surface area contributed by atoms with Crippen molar-refractivity contribution in [3.8, 4) is 0 Å². The second-order valence-electron chi connectivity index (χ2n) is 10.5. The predicted octanol–water partition coefficient (Wildman–Crippen LogP) is 4.39. The molecular formula is C30H28FN3O3. The molecule has 6 nitrogen and oxygen atoms in total. The van der Waals surface area contributed by atoms with Crippen molar-refractivity contribution in [1.29, 1.82) is 0 Å². The van der Waals surface area contributed by atoms with Crippen LogP contribution in [0.2, 0.25) is 0 Å². The molecule has 0 aliphatic carbocycles. The Bertz CT molecular complexity index is 1410. The molecule has 0 unspecified atom stereocenters. The number of fused-ring (bicyclic) bond motifs is 4. The van der Waals surface area contributed by atoms with Gasteiger partial charge in [-0.05, 0) is 36.6 Å². The lowest BCUT2D eigenvalue weighted by molar-refractivity contribution is -0.132. The van der Waals surface area contributed by atoms with E-state index < -0.39 is 23.2 Å². The number of para-hydroxylation sites is 2. The van der Waals surface area contributed by atoms with Crippen LogP contribution in [0.5, 0.6) is 0 Å². The third-order valence-corrected chi connectivity index (χ3v) is 7.89. The molecule has 2 fully saturated rings. The van der Waals surface area contributed by atoms with Crippen molar-refractivity contribution >= 4 is 29.1 Å². The van der Waals surface area contributed by atoms with Crippen LogP contribution in [0.1, 0.15) is 31.4 Å². The lowest BCUT2D eigenvalue weighted by atomic mass is 9.76. The number of nitrogens with one attached hydrogen (secondary N) is 1. The highest BCUT2D eigenvalue weighted by Crippen LogP contribution is 2.56. The first-order chi connectivity index (χ1) is 17.8. The van der Waals surface area contributed by atoms with Crippen LogP contribution in [0.4, 0.5) is 15.8 Å². The quantitative estimate of drug-likeness (QED) is 0.531. The minimum absolute atomic E-state index is 0.0305. The summed E-state index contributed by atoms with van der Waals surface area (Å²) in [6.45, 7) is 4.16. The van der Waals surface area contributed by atoms with Gasteiger partial charge in [-0.3, -0.25) is 19.7 Å². The third-order valence-electron chi connectivity index (χ3n) is 7.89. The van der Waals surface area contributed by atoms with Gasteiger partial charge in [-0.2, -0.15) is 0 Å². The molecule has 0 bridgehead atoms. The first kappa shape index (κ1) is 23.6. The monoisotopic (exact) mass is 497 g/mol. The molecule has 3 amide bonds. The zero-order chi connectivity index (χ0) is 25.9. The molecule has 1 spiro atoms. The molecule has 1 N–H and O–H groups in total. The van der Waals surface area contributed by atoms with Crippen molar-refractivity contribution in [1.82, 2.24) is 5.32 Å². The molecular weight excluding hydrogens is 469 g/mol. The Hall–Kier alpha value is -3.84. The fourth-order valence-electron chi connectivity index (χ4n) is 6.44. The molecule has 3 heterocycles. The van der Waals surface area contributed by atoms with Crippen LogP contribution in [-0.2, 0) is 26.5 Å². The standard InChI is InChI=1S/C30H28FN3O3/c1-18(2)16-23-25-26(28(36)34(27(25)35)20-11-4-3-5-12-20)30(32-23)21-13-7-9-15-24(21)33(29(30)37)17-19-10-6-8-14-22(19)31/h3-15,18,23,25-26,32H,16-17H2,1-2H3/t23-,25+,26-,30-/m0/s1. The number of carbonyl (C=O) groups excluding carboxylic acids is 3. The largest absolute Gasteiger partial charge is 0.306 e. The average molecular weight is 498 g/mol. The molecule has 4 atom stereocenters. The van der Waals surface area contributed by atoms with Crippen LogP contribution in [0.3, 0.4) is 0 Å². The number of imide groups is 1. The van der Waals surface area contributed by atoms with Crippen LogP contribution in [-0.4, -0.2) is 23.8 Å². The Balaban J connectivity index is 1.50. The molecule has 7 heteroatoms. The van der Waals surface area contributed by atoms with E-state index in [2.05, 4.69) is 19.2 Å². The van der Waals surface area contributed by atoms with Gasteiger partial charge in [0.25, 0.3) is 5.91 Å². The van der Waals surface area contributed by atoms with E-state index in [0.29, 0.717) is 28.9 Å². The Morgan fingerprint density at radius 1 is 0.892 bits per heavy atom. The Labute approximate surface area is 215 Å². The Kier molecular flexibility index (Phi) is 5.49. The molecule has 37 heavy (non-hydrogen) atoms. The van der Waals surface area contributed by atoms with E-state index in [9.17, 15) is 18.8 Å². The van der Waals surface area contributed by atoms with Crippen molar-refractivity contribution in [2.45, 2.75) is 38.4 Å². The van der Waals surface area contributed by atoms with E-state index in [4.69, 9.17) is 0 Å². The van der Waals surface area contributed by atoms with Crippen molar-refractivity contribution < 1.29 is 18.8 Å². The lowest BCUT2D eigenvalue weighted by Gasteiger charge is -2.31. The zero-order valence-electron chi connectivity index (χ0n) is 20.7. The van der Waals surface area contributed by atoms with Gasteiger partial charge < -0.3 is 4.90 Å². The van der Waals surface area contributed by atoms with Crippen LogP contribution in [0.15, 0.2) is 78.9 Å². The van der Waals surface area contributed by atoms with E-state index in [-0.39, 0.29) is 36.2 Å². The molecule has 3 aliphatic rings. The van der Waals surface area contributed by atoms with Gasteiger partial charge in [0.1, 0.15) is 11.4 Å². The molecule has 2 saturated heterocycles. The summed E-state index contributed by atoms with van der Waals surface area (Å²) >= 11 is 0. The summed E-state index contributed by atoms with van der Waals surface area (Å²) in [5.41, 5.74) is 0.782. The molecule has 6 rings (SSSR count). The van der Waals surface area contributed by atoms with E-state index in [1.165, 1.54) is 11.0 Å². The lowest BCUT2D eigenvalue weighted by Crippen LogP contribution is -2.55. The summed E-state index contributed by atoms with van der Waals surface area (Å²) < 4.78 is 14.6. The number of halogens is 1. The first-order valence-corrected chi connectivity index (χ1v) is 12.7. The van der Waals surface area contributed by atoms with Crippen molar-refractivity contribution in [2.75, 3.05) is 9.80 Å². The van der Waals surface area contributed by atoms with E-state index in [1.807, 2.05) is 30.3 Å². The van der Waals surface area contributed by atoms with Crippen molar-refractivity contribution in [3.05, 3.63) is 95.8 Å². The molecule has 3 aliphatic heterocycles. The number of nitrogens with zero attached hydrogens (tertiary/aromatic N) is 2. The maximum absolute atomic E-state index is 14.6. The highest BCUT2D eigenvalue weighted by Gasteiger charge is 2.71. The summed E-state index contributed by atoms with van der Waals surface area (Å²) in [6, 6.07) is 22.2. The van der Waals surface area contributed by atoms with Gasteiger partial charge in [0, 0.05) is 22.9 Å². The summed E-state index contributed by atoms with van der Waals surface area (Å²) in [5.74, 6) is -2.72. The number of hydrogen-bond donors (Lipinski definition) is 1. The highest BCUT2D eigenvalue weighted by atomic mass is 19.1. The van der Waals surface area contributed by atoms with Gasteiger partial charge in [0.05, 0.1) is 24.1 Å². The average Bonchev–Trinajstić information content (AvgIpc) is 3.44. The van der Waals surface area contributed by atoms with E-state index in [0.717, 1.165) is 0 Å². The SMILES string of the molecule is CC(C)C[C@@H]1N[C@]2(C(=O)N(Cc3ccccc3F)c3ccccc32)[C@@H]2C(=O)N(c3ccccc3)C(=O)[C@H]12. The number of carbonyl (C=O) groups is 3. The van der Waals surface area contributed by atoms with Crippen molar-refractivity contribution in [2.24, 2.45) is 17.8 Å². The molecule has 3 aromatic carbocycles. The topological polar surface area (TPSA) is 69.7 Å². The molecule has 0 aromatic heterocycles. The van der Waals surface area contributed by atoms with Gasteiger partial charge in [0.15, 0.2) is 0 Å². The zero-order valence-corrected chi connectivity index (χ0v) is 20.7. The number of anilines is 2. The third kappa shape index (κ3) is 3.37. The maximum atomic E-state index is 14.6. The van der Waals surface area contributed by atoms with Crippen molar-refractivity contribution in [3.63, 3.8) is 0 Å². The number of amides is 3. The van der Waals surface area contributed by atoms with Crippen LogP contribution >= 0.6 is 0 Å². The van der Waals surface area contributed by atoms with E-state index in [1.54, 1.807) is 47.4 Å². The fraction of sp³-hybridized carbons (Fsp3) is 0.300. The van der Waals surface area contributed by atoms with E-state index >= 15 is 0 Å². The molecule has 0 saturated carbocycles. The molecule has 0 radical (unpaired) electrons. The second-order valence-corrected chi connectivity index (χ2v) is 10.5. The maximum Gasteiger partial charge on any atom is 0.253 e. The minimum atomic E-state index is -1.40. The Morgan fingerprint density at radius 2 is 1.57 bits per heavy atom. The summed E-state index contributed by atoms with van der Waals surface area (Å²) in [5, 5.41) is 3.52. The number of rotatable bonds is 5. The molecule has 3 aromatic rings. The summed E-state index contributed by atoms with van der Waals surface area (Å²) in [6.07, 6.45) is 0.632. The van der Waals surface area contributed by atoms with Crippen LogP contribution in [0.25, 0.3) is 0 Å². The van der Waals surface area contributed by atoms with Gasteiger partial charge in [-0.25, -0.2) is 9.29 Å². The summed E-state index contributed by atoms with van der Waals surface area (Å²) in [7, 11) is 0. The van der Waals surface area contributed by atoms with Gasteiger partial charge in [-0.1, -0.05) is 68.4 Å². The molecule has 188 valence electrons. The summed E-state index contributed by atoms with van der Waals surface area (Å²) in [4.78, 5) is 45.2. The van der Waals surface area contributed by atoms with Gasteiger partial charge in [0.2, 0.25) is 11.8 Å².